The molecule has 0 radical (unpaired) electrons. The Balaban J connectivity index is 0. The molecule has 1 aromatic heterocycles. The lowest BCUT2D eigenvalue weighted by Crippen LogP contribution is -1.57. The van der Waals surface area contributed by atoms with Gasteiger partial charge in [0.1, 0.15) is 0 Å². The molecule has 0 aliphatic heterocycles. The molecule has 2 nitrogen and oxygen atoms in total. The first-order valence-corrected chi connectivity index (χ1v) is 4.21. The third-order valence-corrected chi connectivity index (χ3v) is 0.858. The van der Waals surface area contributed by atoms with Gasteiger partial charge >= 0.3 is 0 Å². The molecule has 0 aliphatic carbocycles. The number of nitrogens with one attached hydrogen (secondary N) is 1. The Morgan fingerprint density at radius 3 is 2.25 bits per heavy atom. The predicted octanol–water partition coefficient (Wildman–Crippen LogP) is 2.68. The van der Waals surface area contributed by atoms with Gasteiger partial charge in [-0.15, -0.1) is 0 Å². The summed E-state index contributed by atoms with van der Waals surface area (Å²) < 4.78 is 0. The number of aromatic nitrogens is 1. The van der Waals surface area contributed by atoms with Crippen molar-refractivity contribution in [2.24, 2.45) is 0 Å². The summed E-state index contributed by atoms with van der Waals surface area (Å²) in [5.41, 5.74) is 1.14. The summed E-state index contributed by atoms with van der Waals surface area (Å²) in [6.07, 6.45) is 5.57. The fraction of sp³-hybridized carbons (Fsp3) is 0.400. The Hall–Kier alpha value is -1.02. The van der Waals surface area contributed by atoms with Crippen LogP contribution in [-0.4, -0.2) is 16.7 Å². The highest BCUT2D eigenvalue weighted by Gasteiger charge is 1.77. The molecule has 0 saturated heterocycles. The Morgan fingerprint density at radius 2 is 2.08 bits per heavy atom. The van der Waals surface area contributed by atoms with E-state index < -0.39 is 0 Å². The van der Waals surface area contributed by atoms with Gasteiger partial charge in [0, 0.05) is 19.0 Å². The van der Waals surface area contributed by atoms with Crippen molar-refractivity contribution >= 4 is 6.08 Å². The molecule has 0 spiro atoms. The minimum atomic E-state index is 0.250. The highest BCUT2D eigenvalue weighted by atomic mass is 16.2. The second kappa shape index (κ2) is 12.6. The molecule has 2 heteroatoms. The van der Waals surface area contributed by atoms with Crippen LogP contribution in [0.4, 0.5) is 0 Å². The maximum absolute atomic E-state index is 7.57. The Kier molecular flexibility index (Phi) is 14.3. The SMILES string of the molecule is C=Cc1cc[nH]c1.CC.CCO. The van der Waals surface area contributed by atoms with E-state index in [0.29, 0.717) is 0 Å². The first kappa shape index (κ1) is 13.6. The average molecular weight is 169 g/mol. The normalized spacial score (nSPS) is 7.00. The summed E-state index contributed by atoms with van der Waals surface area (Å²) in [6, 6.07) is 1.97. The molecule has 0 fully saturated rings. The van der Waals surface area contributed by atoms with Crippen LogP contribution in [0.25, 0.3) is 6.08 Å². The monoisotopic (exact) mass is 169 g/mol. The molecule has 0 aromatic carbocycles. The van der Waals surface area contributed by atoms with Gasteiger partial charge in [0.25, 0.3) is 0 Å². The Morgan fingerprint density at radius 1 is 1.58 bits per heavy atom. The number of H-pyrrole nitrogens is 1. The van der Waals surface area contributed by atoms with E-state index in [1.807, 2.05) is 32.3 Å². The fourth-order valence-corrected chi connectivity index (χ4v) is 0.464. The molecule has 0 atom stereocenters. The second-order valence-corrected chi connectivity index (χ2v) is 1.66. The predicted molar refractivity (Wildman–Crippen MR) is 55.0 cm³/mol. The lowest BCUT2D eigenvalue weighted by atomic mass is 10.3. The van der Waals surface area contributed by atoms with Gasteiger partial charge in [-0.25, -0.2) is 0 Å². The lowest BCUT2D eigenvalue weighted by Gasteiger charge is -1.71. The van der Waals surface area contributed by atoms with Gasteiger partial charge in [-0.3, -0.25) is 0 Å². The highest BCUT2D eigenvalue weighted by Crippen LogP contribution is 1.95. The molecular formula is C10H19NO. The molecule has 12 heavy (non-hydrogen) atoms. The van der Waals surface area contributed by atoms with Crippen molar-refractivity contribution in [3.05, 3.63) is 30.6 Å². The van der Waals surface area contributed by atoms with E-state index in [1.165, 1.54) is 0 Å². The minimum absolute atomic E-state index is 0.250. The van der Waals surface area contributed by atoms with Crippen LogP contribution in [0.2, 0.25) is 0 Å². The molecule has 70 valence electrons. The summed E-state index contributed by atoms with van der Waals surface area (Å²) in [7, 11) is 0. The summed E-state index contributed by atoms with van der Waals surface area (Å²) in [6.45, 7) is 9.51. The van der Waals surface area contributed by atoms with Gasteiger partial charge in [-0.2, -0.15) is 0 Å². The van der Waals surface area contributed by atoms with E-state index in [0.717, 1.165) is 5.56 Å². The maximum atomic E-state index is 7.57. The second-order valence-electron chi connectivity index (χ2n) is 1.66. The zero-order chi connectivity index (χ0) is 9.82. The minimum Gasteiger partial charge on any atom is -0.397 e. The van der Waals surface area contributed by atoms with E-state index in [9.17, 15) is 0 Å². The number of rotatable bonds is 1. The molecule has 0 saturated carbocycles. The zero-order valence-electron chi connectivity index (χ0n) is 8.17. The number of hydrogen-bond acceptors (Lipinski definition) is 1. The zero-order valence-corrected chi connectivity index (χ0v) is 8.17. The van der Waals surface area contributed by atoms with Crippen molar-refractivity contribution in [3.8, 4) is 0 Å². The smallest absolute Gasteiger partial charge is 0.0402 e. The quantitative estimate of drug-likeness (QED) is 0.666. The van der Waals surface area contributed by atoms with Gasteiger partial charge in [0.2, 0.25) is 0 Å². The number of aromatic amines is 1. The first-order valence-electron chi connectivity index (χ1n) is 4.21. The van der Waals surface area contributed by atoms with Crippen molar-refractivity contribution in [2.75, 3.05) is 6.61 Å². The summed E-state index contributed by atoms with van der Waals surface area (Å²) in [5, 5.41) is 7.57. The van der Waals surface area contributed by atoms with E-state index in [1.54, 1.807) is 13.0 Å². The van der Waals surface area contributed by atoms with Crippen LogP contribution in [0, 0.1) is 0 Å². The van der Waals surface area contributed by atoms with Gasteiger partial charge in [-0.1, -0.05) is 26.5 Å². The molecular weight excluding hydrogens is 150 g/mol. The van der Waals surface area contributed by atoms with Crippen molar-refractivity contribution in [2.45, 2.75) is 20.8 Å². The van der Waals surface area contributed by atoms with Gasteiger partial charge in [0.15, 0.2) is 0 Å². The van der Waals surface area contributed by atoms with E-state index in [4.69, 9.17) is 5.11 Å². The molecule has 1 heterocycles. The van der Waals surface area contributed by atoms with Crippen molar-refractivity contribution in [3.63, 3.8) is 0 Å². The Labute approximate surface area is 74.9 Å². The standard InChI is InChI=1S/C6H7N.C2H6O.C2H6/c1-2-6-3-4-7-5-6;1-2-3;1-2/h2-5,7H,1H2;3H,2H2,1H3;1-2H3. The van der Waals surface area contributed by atoms with Crippen LogP contribution in [0.3, 0.4) is 0 Å². The molecule has 0 aliphatic rings. The first-order chi connectivity index (χ1) is 5.85. The van der Waals surface area contributed by atoms with Gasteiger partial charge in [0.05, 0.1) is 0 Å². The summed E-state index contributed by atoms with van der Waals surface area (Å²) in [4.78, 5) is 2.91. The maximum Gasteiger partial charge on any atom is 0.0402 e. The average Bonchev–Trinajstić information content (AvgIpc) is 2.61. The fourth-order valence-electron chi connectivity index (χ4n) is 0.464. The third-order valence-electron chi connectivity index (χ3n) is 0.858. The summed E-state index contributed by atoms with van der Waals surface area (Å²) >= 11 is 0. The molecule has 0 unspecified atom stereocenters. The number of aliphatic hydroxyl groups excluding tert-OH is 1. The van der Waals surface area contributed by atoms with Gasteiger partial charge < -0.3 is 10.1 Å². The molecule has 2 N–H and O–H groups in total. The third kappa shape index (κ3) is 8.98. The number of aliphatic hydroxyl groups is 1. The van der Waals surface area contributed by atoms with Gasteiger partial charge in [-0.05, 0) is 18.6 Å². The highest BCUT2D eigenvalue weighted by molar-refractivity contribution is 5.44. The number of hydrogen-bond donors (Lipinski definition) is 2. The molecule has 1 rings (SSSR count). The largest absolute Gasteiger partial charge is 0.397 e. The summed E-state index contributed by atoms with van der Waals surface area (Å²) in [5.74, 6) is 0. The van der Waals surface area contributed by atoms with Crippen LogP contribution in [0.5, 0.6) is 0 Å². The molecule has 0 bridgehead atoms. The van der Waals surface area contributed by atoms with Crippen LogP contribution in [0.1, 0.15) is 26.3 Å². The van der Waals surface area contributed by atoms with Crippen LogP contribution < -0.4 is 0 Å². The molecule has 0 amide bonds. The lowest BCUT2D eigenvalue weighted by molar-refractivity contribution is 0.318. The van der Waals surface area contributed by atoms with E-state index in [2.05, 4.69) is 11.6 Å². The van der Waals surface area contributed by atoms with Crippen LogP contribution >= 0.6 is 0 Å². The van der Waals surface area contributed by atoms with E-state index >= 15 is 0 Å². The van der Waals surface area contributed by atoms with Crippen LogP contribution in [0.15, 0.2) is 25.0 Å². The Bertz CT molecular complexity index is 156. The van der Waals surface area contributed by atoms with Crippen molar-refractivity contribution in [1.29, 1.82) is 0 Å². The topological polar surface area (TPSA) is 36.0 Å². The van der Waals surface area contributed by atoms with Crippen LogP contribution in [-0.2, 0) is 0 Å². The molecule has 1 aromatic rings. The van der Waals surface area contributed by atoms with Crippen molar-refractivity contribution in [1.82, 2.24) is 4.98 Å². The van der Waals surface area contributed by atoms with E-state index in [-0.39, 0.29) is 6.61 Å². The van der Waals surface area contributed by atoms with Crippen molar-refractivity contribution < 1.29 is 5.11 Å².